The van der Waals surface area contributed by atoms with Crippen LogP contribution in [0.2, 0.25) is 0 Å². The summed E-state index contributed by atoms with van der Waals surface area (Å²) in [4.78, 5) is 26.5. The molecular weight excluding hydrogens is 2170 g/mol. The maximum absolute atomic E-state index is 14.5. The minimum absolute atomic E-state index is 0.102. The number of nitrogens with zero attached hydrogens (tertiary/aromatic N) is 12. The molecule has 20 atom stereocenters. The molecule has 0 amide bonds. The van der Waals surface area contributed by atoms with E-state index in [0.717, 1.165) is 173 Å². The number of nitriles is 1. The molecule has 14 N–H and O–H groups in total. The third-order valence-corrected chi connectivity index (χ3v) is 33.9. The van der Waals surface area contributed by atoms with E-state index in [-0.39, 0.29) is 42.2 Å². The summed E-state index contributed by atoms with van der Waals surface area (Å²) in [6.45, 7) is 15.4. The Morgan fingerprint density at radius 1 is 0.367 bits per heavy atom. The van der Waals surface area contributed by atoms with Gasteiger partial charge in [-0.15, -0.1) is 0 Å². The minimum Gasteiger partial charge on any atom is -0.487 e. The van der Waals surface area contributed by atoms with Crippen molar-refractivity contribution in [2.24, 2.45) is 0 Å². The summed E-state index contributed by atoms with van der Waals surface area (Å²) < 4.78 is 98.0. The van der Waals surface area contributed by atoms with Crippen LogP contribution in [0.4, 0.5) is 17.6 Å². The van der Waals surface area contributed by atoms with Crippen LogP contribution in [0.3, 0.4) is 0 Å². The van der Waals surface area contributed by atoms with Gasteiger partial charge in [-0.1, -0.05) is 15.9 Å². The first-order chi connectivity index (χ1) is 72.3. The lowest BCUT2D eigenvalue weighted by atomic mass is 9.91. The molecule has 31 nitrogen and oxygen atoms in total. The largest absolute Gasteiger partial charge is 0.487 e. The van der Waals surface area contributed by atoms with Crippen molar-refractivity contribution in [3.8, 4) is 34.8 Å². The second kappa shape index (κ2) is 43.8. The number of pyridine rings is 4. The van der Waals surface area contributed by atoms with Gasteiger partial charge in [-0.2, -0.15) is 18.4 Å². The first-order valence-electron chi connectivity index (χ1n) is 51.2. The molecule has 15 aromatic rings. The van der Waals surface area contributed by atoms with Crippen molar-refractivity contribution in [1.82, 2.24) is 74.0 Å². The Morgan fingerprint density at radius 3 is 1.12 bits per heavy atom. The molecule has 786 valence electrons. The van der Waals surface area contributed by atoms with E-state index >= 15 is 0 Å². The zero-order chi connectivity index (χ0) is 105. The van der Waals surface area contributed by atoms with E-state index in [1.165, 1.54) is 39.1 Å². The number of aliphatic hydroxyl groups is 10. The molecule has 0 bridgehead atoms. The lowest BCUT2D eigenvalue weighted by Gasteiger charge is -2.25. The summed E-state index contributed by atoms with van der Waals surface area (Å²) in [6, 6.07) is 33.6. The van der Waals surface area contributed by atoms with Crippen LogP contribution in [0.25, 0.3) is 55.2 Å². The Kier molecular flexibility index (Phi) is 30.5. The topological polar surface area (TPSA) is 422 Å². The molecule has 150 heavy (non-hydrogen) atoms. The second-order valence-corrected chi connectivity index (χ2v) is 43.8. The van der Waals surface area contributed by atoms with Crippen molar-refractivity contribution in [2.45, 2.75) is 272 Å². The van der Waals surface area contributed by atoms with Gasteiger partial charge >= 0.3 is 6.18 Å². The standard InChI is InChI=1S/C23H24F3N3O3.C23H24N4O3.C22H23BrFN3O3.C22H24BrN3O3.C22H24IN3O3/c1-12-2-6-28-22-15(12)4-7-29(22)17-10-19(21(31)20(17)30)32-18-9-14(23(24,25)26)8-13-3-5-27-11-16(13)18;1-13-2-6-26-23-16(13)4-7-27(23)18-10-20(22(29)21(18)28)30-19-9-14(11-24)8-15-3-5-25-12-17(15)19;1-11-2-6-26-22-12(11)4-7-27(22)16-9-18(21(29)20(16)28)30-17-8-15(23)19(24)13-3-5-25-10-14(13)17;1-12-2-6-25-22-15(12)4-7-26(22)17-10-19(21(28)20(17)27)29-18-9-14(23)8-13-3-5-24-11-16(13)18;1-12-13-8-9-26(22(13)25-11-24-12)17-10-19(21(28)20(17)27)29-18-7-6-16(23)14-4-2-3-5-15(14)18/h2,4,6-9,17,19-21,27,30-31H,3,5,10-11H2,1H3;2,4,6-9,18,20-22,25,28-29H,3,5,10,12H2,1H3;2,4,6-8,16,18,20-21,25,28-29H,3,5,9-10H2,1H3;2,4,6-9,17,19-21,24,27-28H,3,5,10-11H2,1H3;6-9,11,17,19-21,27-28H,2-5,10H2,1H3/t17?,19?,20-,21+;18?,20?,21-,22+;16?,18?,20-,21+;2*17?,19?,20-,21+/m00000/s1. The number of nitrogens with one attached hydrogen (secondary N) is 4. The molecule has 4 aliphatic heterocycles. The van der Waals surface area contributed by atoms with Crippen LogP contribution in [-0.2, 0) is 70.9 Å². The number of hydrogen-bond donors (Lipinski definition) is 14. The van der Waals surface area contributed by atoms with Gasteiger partial charge < -0.3 is 119 Å². The van der Waals surface area contributed by atoms with E-state index in [0.29, 0.717) is 115 Å². The molecule has 38 heteroatoms. The van der Waals surface area contributed by atoms with Gasteiger partial charge in [-0.05, 0) is 316 Å². The van der Waals surface area contributed by atoms with Gasteiger partial charge in [-0.25, -0.2) is 34.3 Å². The number of hydrogen-bond acceptors (Lipinski definition) is 26. The molecule has 0 radical (unpaired) electrons. The maximum Gasteiger partial charge on any atom is 0.416 e. The van der Waals surface area contributed by atoms with E-state index in [4.69, 9.17) is 23.7 Å². The number of ether oxygens (including phenoxy) is 5. The van der Waals surface area contributed by atoms with Crippen molar-refractivity contribution >= 4 is 110 Å². The van der Waals surface area contributed by atoms with Gasteiger partial charge in [0.15, 0.2) is 0 Å². The quantitative estimate of drug-likeness (QED) is 0.0335. The van der Waals surface area contributed by atoms with Crippen LogP contribution in [0.5, 0.6) is 28.7 Å². The molecule has 0 saturated heterocycles. The Balaban J connectivity index is 0.000000110. The molecule has 10 unspecified atom stereocenters. The third-order valence-electron chi connectivity index (χ3n) is 31.8. The van der Waals surface area contributed by atoms with Crippen molar-refractivity contribution in [3.05, 3.63) is 284 Å². The van der Waals surface area contributed by atoms with Gasteiger partial charge in [0, 0.05) is 171 Å². The number of aliphatic hydroxyl groups excluding tert-OH is 10. The number of aromatic nitrogens is 11. The van der Waals surface area contributed by atoms with Crippen LogP contribution in [-0.4, -0.2) is 222 Å². The summed E-state index contributed by atoms with van der Waals surface area (Å²) >= 11 is 9.24. The molecular formula is C112H119Br2F4IN16O15. The van der Waals surface area contributed by atoms with Crippen molar-refractivity contribution < 1.29 is 92.3 Å². The van der Waals surface area contributed by atoms with E-state index in [9.17, 15) is 73.9 Å². The number of fused-ring (bicyclic) bond motifs is 10. The average molecular weight is 2290 g/mol. The van der Waals surface area contributed by atoms with Crippen LogP contribution >= 0.6 is 54.5 Å². The smallest absolute Gasteiger partial charge is 0.416 e. The van der Waals surface area contributed by atoms with Gasteiger partial charge in [0.25, 0.3) is 0 Å². The molecule has 5 aromatic carbocycles. The molecule has 10 aliphatic rings. The zero-order valence-corrected chi connectivity index (χ0v) is 88.4. The summed E-state index contributed by atoms with van der Waals surface area (Å²) in [5, 5.41) is 135. The van der Waals surface area contributed by atoms with E-state index < -0.39 is 109 Å². The predicted octanol–water partition coefficient (Wildman–Crippen LogP) is 14.3. The second-order valence-electron chi connectivity index (χ2n) is 40.9. The third kappa shape index (κ3) is 20.4. The first kappa shape index (κ1) is 105. The number of halogens is 7. The van der Waals surface area contributed by atoms with Crippen LogP contribution < -0.4 is 45.0 Å². The summed E-state index contributed by atoms with van der Waals surface area (Å²) in [6.07, 6.45) is 9.73. The molecule has 10 aromatic heterocycles. The van der Waals surface area contributed by atoms with Crippen molar-refractivity contribution in [2.75, 3.05) is 26.2 Å². The van der Waals surface area contributed by atoms with E-state index in [1.807, 2.05) is 161 Å². The average Bonchev–Trinajstić information content (AvgIpc) is 1.65. The molecule has 25 rings (SSSR count). The monoisotopic (exact) mass is 2290 g/mol. The van der Waals surface area contributed by atoms with E-state index in [2.05, 4.69) is 124 Å². The molecule has 5 fully saturated rings. The first-order valence-corrected chi connectivity index (χ1v) is 53.8. The number of benzene rings is 5. The highest BCUT2D eigenvalue weighted by Crippen LogP contribution is 2.48. The lowest BCUT2D eigenvalue weighted by molar-refractivity contribution is -0.137. The summed E-state index contributed by atoms with van der Waals surface area (Å²) in [5.41, 5.74) is 18.8. The molecule has 5 saturated carbocycles. The van der Waals surface area contributed by atoms with Gasteiger partial charge in [0.1, 0.15) is 161 Å². The highest BCUT2D eigenvalue weighted by atomic mass is 127. The summed E-state index contributed by atoms with van der Waals surface area (Å²) in [5.74, 6) is 2.61. The Labute approximate surface area is 892 Å². The SMILES string of the molecule is Cc1ccnc2c1ccn2C1CC(Oc2cc(Br)c(F)c3c2CNCC3)[C@@H](O)[C@H]1O.Cc1ccnc2c1ccn2C1CC(Oc2cc(Br)cc3c2CNCC3)[C@@H](O)[C@H]1O.Cc1ccnc2c1ccn2C1CC(Oc2cc(C#N)cc3c2CNCC3)[C@@H](O)[C@H]1O.Cc1ccnc2c1ccn2C1CC(Oc2cc(C(F)(F)F)cc3c2CNCC3)[C@@H](O)[C@H]1O.Cc1ncnc2c1ccn2C1CC(Oc2ccc(I)c3c2CCCC3)[C@@H](O)[C@H]1O. The van der Waals surface area contributed by atoms with Gasteiger partial charge in [-0.3, -0.25) is 0 Å². The van der Waals surface area contributed by atoms with Gasteiger partial charge in [0.05, 0.1) is 57.6 Å². The number of aryl methyl sites for hydroxylation is 5. The Morgan fingerprint density at radius 2 is 0.713 bits per heavy atom. The normalized spacial score (nSPS) is 26.2. The fourth-order valence-electron chi connectivity index (χ4n) is 23.6. The maximum atomic E-state index is 14.5. The van der Waals surface area contributed by atoms with Crippen molar-refractivity contribution in [3.63, 3.8) is 0 Å². The van der Waals surface area contributed by atoms with Crippen LogP contribution in [0.1, 0.15) is 170 Å². The Hall–Kier alpha value is -11.2. The number of alkyl halides is 3. The Bertz CT molecular complexity index is 7610. The minimum atomic E-state index is -4.50. The number of rotatable bonds is 15. The highest BCUT2D eigenvalue weighted by Gasteiger charge is 2.51. The fraction of sp³-hybridized carbons (Fsp3) is 0.420. The van der Waals surface area contributed by atoms with Crippen LogP contribution in [0.15, 0.2) is 180 Å². The zero-order valence-electron chi connectivity index (χ0n) is 83.1. The summed E-state index contributed by atoms with van der Waals surface area (Å²) in [7, 11) is 0. The lowest BCUT2D eigenvalue weighted by Crippen LogP contribution is -2.35. The molecule has 6 aliphatic carbocycles. The molecule has 0 spiro atoms. The van der Waals surface area contributed by atoms with Gasteiger partial charge in [0.2, 0.25) is 0 Å². The van der Waals surface area contributed by atoms with E-state index in [1.54, 1.807) is 36.9 Å². The predicted molar refractivity (Wildman–Crippen MR) is 569 cm³/mol. The highest BCUT2D eigenvalue weighted by molar-refractivity contribution is 14.1. The van der Waals surface area contributed by atoms with Crippen molar-refractivity contribution in [1.29, 1.82) is 5.26 Å². The fourth-order valence-corrected chi connectivity index (χ4v) is 25.3. The van der Waals surface area contributed by atoms with Crippen LogP contribution in [0, 0.1) is 55.3 Å². The molecule has 14 heterocycles.